The molecule has 1 heterocycles. The molecule has 0 bridgehead atoms. The zero-order valence-corrected chi connectivity index (χ0v) is 9.67. The highest BCUT2D eigenvalue weighted by molar-refractivity contribution is 5.50. The summed E-state index contributed by atoms with van der Waals surface area (Å²) >= 11 is 0. The zero-order chi connectivity index (χ0) is 13.1. The molecular weight excluding hydrogens is 226 g/mol. The van der Waals surface area contributed by atoms with Crippen LogP contribution in [-0.4, -0.2) is 38.9 Å². The van der Waals surface area contributed by atoms with E-state index < -0.39 is 10.5 Å². The Hall–Kier alpha value is -1.73. The second-order valence-electron chi connectivity index (χ2n) is 4.12. The van der Waals surface area contributed by atoms with Crippen LogP contribution < -0.4 is 5.32 Å². The van der Waals surface area contributed by atoms with Crippen LogP contribution in [0, 0.1) is 17.0 Å². The molecule has 0 aliphatic heterocycles. The van der Waals surface area contributed by atoms with E-state index in [4.69, 9.17) is 10.2 Å². The third-order valence-electron chi connectivity index (χ3n) is 2.40. The number of nitrogens with zero attached hydrogens (tertiary/aromatic N) is 2. The number of aliphatic hydroxyl groups is 2. The molecule has 1 aromatic rings. The lowest BCUT2D eigenvalue weighted by atomic mass is 10.1. The van der Waals surface area contributed by atoms with Crippen LogP contribution in [0.25, 0.3) is 0 Å². The van der Waals surface area contributed by atoms with Crippen molar-refractivity contribution in [2.45, 2.75) is 19.4 Å². The van der Waals surface area contributed by atoms with E-state index >= 15 is 0 Å². The van der Waals surface area contributed by atoms with E-state index in [0.717, 1.165) is 0 Å². The first-order chi connectivity index (χ1) is 7.91. The van der Waals surface area contributed by atoms with Crippen LogP contribution in [0.3, 0.4) is 0 Å². The van der Waals surface area contributed by atoms with Crippen molar-refractivity contribution in [3.05, 3.63) is 27.9 Å². The maximum atomic E-state index is 10.7. The van der Waals surface area contributed by atoms with Crippen molar-refractivity contribution in [1.29, 1.82) is 0 Å². The number of pyridine rings is 1. The molecule has 0 saturated heterocycles. The van der Waals surface area contributed by atoms with Gasteiger partial charge in [0.15, 0.2) is 0 Å². The molecule has 0 spiro atoms. The average molecular weight is 241 g/mol. The number of hydrogen-bond donors (Lipinski definition) is 3. The van der Waals surface area contributed by atoms with E-state index in [1.807, 2.05) is 0 Å². The first-order valence-corrected chi connectivity index (χ1v) is 5.03. The van der Waals surface area contributed by atoms with Crippen molar-refractivity contribution in [2.75, 3.05) is 18.5 Å². The van der Waals surface area contributed by atoms with Crippen LogP contribution in [0.15, 0.2) is 12.3 Å². The summed E-state index contributed by atoms with van der Waals surface area (Å²) < 4.78 is 0. The predicted molar refractivity (Wildman–Crippen MR) is 61.8 cm³/mol. The lowest BCUT2D eigenvalue weighted by Gasteiger charge is -2.26. The summed E-state index contributed by atoms with van der Waals surface area (Å²) in [4.78, 5) is 14.2. The minimum Gasteiger partial charge on any atom is -0.394 e. The Labute approximate surface area is 98.3 Å². The Balaban J connectivity index is 3.01. The van der Waals surface area contributed by atoms with Gasteiger partial charge in [-0.25, -0.2) is 4.98 Å². The maximum Gasteiger partial charge on any atom is 0.277 e. The van der Waals surface area contributed by atoms with Crippen molar-refractivity contribution in [3.8, 4) is 0 Å². The highest BCUT2D eigenvalue weighted by Gasteiger charge is 2.23. The molecule has 0 fully saturated rings. The van der Waals surface area contributed by atoms with Gasteiger partial charge in [0.2, 0.25) is 0 Å². The van der Waals surface area contributed by atoms with Crippen LogP contribution in [0.2, 0.25) is 0 Å². The summed E-state index contributed by atoms with van der Waals surface area (Å²) in [5, 5.41) is 31.7. The third kappa shape index (κ3) is 3.11. The van der Waals surface area contributed by atoms with Gasteiger partial charge in [0.05, 0.1) is 29.7 Å². The molecular formula is C10H15N3O4. The molecule has 0 radical (unpaired) electrons. The first-order valence-electron chi connectivity index (χ1n) is 5.03. The summed E-state index contributed by atoms with van der Waals surface area (Å²) in [5.74, 6) is 0.243. The normalized spacial score (nSPS) is 11.3. The van der Waals surface area contributed by atoms with Crippen molar-refractivity contribution < 1.29 is 15.1 Å². The number of rotatable bonds is 5. The van der Waals surface area contributed by atoms with Crippen LogP contribution in [0.1, 0.15) is 12.5 Å². The van der Waals surface area contributed by atoms with Crippen molar-refractivity contribution >= 4 is 11.5 Å². The Morgan fingerprint density at radius 1 is 1.53 bits per heavy atom. The Morgan fingerprint density at radius 2 is 2.12 bits per heavy atom. The minimum atomic E-state index is -0.962. The van der Waals surface area contributed by atoms with Gasteiger partial charge < -0.3 is 15.5 Å². The summed E-state index contributed by atoms with van der Waals surface area (Å²) in [7, 11) is 0. The number of nitro groups is 1. The van der Waals surface area contributed by atoms with Crippen LogP contribution in [0.4, 0.5) is 11.5 Å². The average Bonchev–Trinajstić information content (AvgIpc) is 2.31. The predicted octanol–water partition coefficient (Wildman–Crippen LogP) is 0.453. The molecule has 1 rings (SSSR count). The van der Waals surface area contributed by atoms with Crippen LogP contribution in [0.5, 0.6) is 0 Å². The molecule has 3 N–H and O–H groups in total. The molecule has 0 aliphatic rings. The molecule has 0 saturated carbocycles. The second kappa shape index (κ2) is 5.07. The fourth-order valence-electron chi connectivity index (χ4n) is 1.22. The second-order valence-corrected chi connectivity index (χ2v) is 4.12. The van der Waals surface area contributed by atoms with Gasteiger partial charge in [-0.3, -0.25) is 10.1 Å². The summed E-state index contributed by atoms with van der Waals surface area (Å²) in [5.41, 5.74) is -0.563. The number of aliphatic hydroxyl groups excluding tert-OH is 2. The number of nitrogens with one attached hydrogen (secondary N) is 1. The fraction of sp³-hybridized carbons (Fsp3) is 0.500. The lowest BCUT2D eigenvalue weighted by Crippen LogP contribution is -2.42. The monoisotopic (exact) mass is 241 g/mol. The van der Waals surface area contributed by atoms with E-state index in [2.05, 4.69) is 10.3 Å². The molecule has 17 heavy (non-hydrogen) atoms. The van der Waals surface area contributed by atoms with Gasteiger partial charge in [0.1, 0.15) is 5.82 Å². The summed E-state index contributed by atoms with van der Waals surface area (Å²) in [6.07, 6.45) is 1.37. The summed E-state index contributed by atoms with van der Waals surface area (Å²) in [6, 6.07) is 1.28. The van der Waals surface area contributed by atoms with Gasteiger partial charge in [-0.2, -0.15) is 0 Å². The van der Waals surface area contributed by atoms with Gasteiger partial charge in [-0.1, -0.05) is 0 Å². The fourth-order valence-corrected chi connectivity index (χ4v) is 1.22. The minimum absolute atomic E-state index is 0.0549. The van der Waals surface area contributed by atoms with E-state index in [1.54, 1.807) is 13.8 Å². The number of aromatic nitrogens is 1. The lowest BCUT2D eigenvalue weighted by molar-refractivity contribution is -0.385. The first kappa shape index (κ1) is 13.3. The Morgan fingerprint density at radius 3 is 2.59 bits per heavy atom. The topological polar surface area (TPSA) is 109 Å². The SMILES string of the molecule is Cc1cnc(NC(C)(CO)CO)cc1[N+](=O)[O-]. The van der Waals surface area contributed by atoms with Gasteiger partial charge in [-0.15, -0.1) is 0 Å². The molecule has 94 valence electrons. The number of aryl methyl sites for hydroxylation is 1. The smallest absolute Gasteiger partial charge is 0.277 e. The molecule has 0 aliphatic carbocycles. The molecule has 1 aromatic heterocycles. The molecule has 0 amide bonds. The molecule has 7 nitrogen and oxygen atoms in total. The molecule has 0 unspecified atom stereocenters. The van der Waals surface area contributed by atoms with Crippen molar-refractivity contribution in [1.82, 2.24) is 4.98 Å². The number of anilines is 1. The Kier molecular flexibility index (Phi) is 3.97. The van der Waals surface area contributed by atoms with Gasteiger partial charge in [-0.05, 0) is 13.8 Å². The van der Waals surface area contributed by atoms with E-state index in [-0.39, 0.29) is 24.7 Å². The van der Waals surface area contributed by atoms with Gasteiger partial charge >= 0.3 is 0 Å². The summed E-state index contributed by atoms with van der Waals surface area (Å²) in [6.45, 7) is 2.55. The maximum absolute atomic E-state index is 10.7. The van der Waals surface area contributed by atoms with Crippen molar-refractivity contribution in [3.63, 3.8) is 0 Å². The quantitative estimate of drug-likeness (QED) is 0.510. The largest absolute Gasteiger partial charge is 0.394 e. The third-order valence-corrected chi connectivity index (χ3v) is 2.40. The Bertz CT molecular complexity index is 418. The highest BCUT2D eigenvalue weighted by atomic mass is 16.6. The van der Waals surface area contributed by atoms with E-state index in [0.29, 0.717) is 5.56 Å². The van der Waals surface area contributed by atoms with Gasteiger partial charge in [0, 0.05) is 11.8 Å². The number of hydrogen-bond acceptors (Lipinski definition) is 6. The molecule has 7 heteroatoms. The standard InChI is InChI=1S/C10H15N3O4/c1-7-4-11-9(3-8(7)13(16)17)12-10(2,5-14)6-15/h3-4,14-15H,5-6H2,1-2H3,(H,11,12). The van der Waals surface area contributed by atoms with E-state index in [1.165, 1.54) is 12.3 Å². The molecule has 0 aromatic carbocycles. The van der Waals surface area contributed by atoms with Crippen LogP contribution in [-0.2, 0) is 0 Å². The van der Waals surface area contributed by atoms with E-state index in [9.17, 15) is 10.1 Å². The molecule has 0 atom stereocenters. The van der Waals surface area contributed by atoms with Gasteiger partial charge in [0.25, 0.3) is 5.69 Å². The van der Waals surface area contributed by atoms with Crippen LogP contribution >= 0.6 is 0 Å². The highest BCUT2D eigenvalue weighted by Crippen LogP contribution is 2.21. The van der Waals surface area contributed by atoms with Crippen molar-refractivity contribution in [2.24, 2.45) is 0 Å². The zero-order valence-electron chi connectivity index (χ0n) is 9.67.